The smallest absolute Gasteiger partial charge is 0.237 e. The minimum Gasteiger partial charge on any atom is -0.311 e. The Hall–Kier alpha value is -1.56. The topological polar surface area (TPSA) is 33.2 Å². The Bertz CT molecular complexity index is 954. The summed E-state index contributed by atoms with van der Waals surface area (Å²) in [6, 6.07) is 12.0. The van der Waals surface area contributed by atoms with E-state index in [4.69, 9.17) is 11.6 Å². The highest BCUT2D eigenvalue weighted by Gasteiger charge is 2.24. The lowest BCUT2D eigenvalue weighted by Gasteiger charge is -2.31. The summed E-state index contributed by atoms with van der Waals surface area (Å²) in [7, 11) is 0. The van der Waals surface area contributed by atoms with Crippen molar-refractivity contribution in [3.63, 3.8) is 0 Å². The number of aromatic nitrogens is 1. The number of benzene rings is 2. The normalized spacial score (nSPS) is 13.9. The molecule has 1 aliphatic heterocycles. The van der Waals surface area contributed by atoms with Crippen LogP contribution in [0.2, 0.25) is 5.02 Å². The van der Waals surface area contributed by atoms with E-state index in [0.29, 0.717) is 10.8 Å². The van der Waals surface area contributed by atoms with Crippen LogP contribution in [0.3, 0.4) is 0 Å². The van der Waals surface area contributed by atoms with Crippen molar-refractivity contribution >= 4 is 56.5 Å². The van der Waals surface area contributed by atoms with Gasteiger partial charge in [0.1, 0.15) is 0 Å². The molecule has 2 heterocycles. The van der Waals surface area contributed by atoms with Crippen LogP contribution in [0.1, 0.15) is 17.5 Å². The van der Waals surface area contributed by atoms with E-state index in [1.54, 1.807) is 11.3 Å². The van der Waals surface area contributed by atoms with Crippen LogP contribution in [0.4, 0.5) is 5.69 Å². The third-order valence-corrected chi connectivity index (χ3v) is 6.77. The summed E-state index contributed by atoms with van der Waals surface area (Å²) < 4.78 is 2.01. The van der Waals surface area contributed by atoms with Gasteiger partial charge in [-0.1, -0.05) is 41.6 Å². The molecular weight excluding hydrogens is 372 g/mol. The highest BCUT2D eigenvalue weighted by Crippen LogP contribution is 2.33. The molecule has 3 aromatic rings. The quantitative estimate of drug-likeness (QED) is 0.568. The maximum absolute atomic E-state index is 12.8. The lowest BCUT2D eigenvalue weighted by atomic mass is 9.98. The van der Waals surface area contributed by atoms with E-state index in [1.165, 1.54) is 22.9 Å². The number of anilines is 1. The lowest BCUT2D eigenvalue weighted by Crippen LogP contribution is -2.37. The molecule has 0 fully saturated rings. The minimum atomic E-state index is 0.150. The molecule has 6 heteroatoms. The SMILES string of the molecule is Cc1cccc2c1N(C(=O)CSc1nc3cc(Cl)ccc3s1)CCC2. The molecule has 1 aliphatic rings. The Morgan fingerprint density at radius 2 is 2.24 bits per heavy atom. The first-order valence-corrected chi connectivity index (χ1v) is 10.4. The molecule has 0 unspecified atom stereocenters. The Kier molecular flexibility index (Phi) is 4.71. The van der Waals surface area contributed by atoms with Gasteiger partial charge in [-0.3, -0.25) is 4.79 Å². The number of halogens is 1. The molecule has 2 aromatic carbocycles. The molecule has 0 N–H and O–H groups in total. The van der Waals surface area contributed by atoms with Gasteiger partial charge in [-0.2, -0.15) is 0 Å². The maximum Gasteiger partial charge on any atom is 0.237 e. The standard InChI is InChI=1S/C19H17ClN2OS2/c1-12-4-2-5-13-6-3-9-22(18(12)13)17(23)11-24-19-21-15-10-14(20)7-8-16(15)25-19/h2,4-5,7-8,10H,3,6,9,11H2,1H3. The number of thioether (sulfide) groups is 1. The van der Waals surface area contributed by atoms with E-state index in [0.717, 1.165) is 39.6 Å². The summed E-state index contributed by atoms with van der Waals surface area (Å²) in [5, 5.41) is 0.686. The van der Waals surface area contributed by atoms with Crippen molar-refractivity contribution in [1.82, 2.24) is 4.98 Å². The Balaban J connectivity index is 1.51. The van der Waals surface area contributed by atoms with Gasteiger partial charge in [0.15, 0.2) is 4.34 Å². The van der Waals surface area contributed by atoms with E-state index in [1.807, 2.05) is 23.1 Å². The summed E-state index contributed by atoms with van der Waals surface area (Å²) >= 11 is 9.13. The zero-order chi connectivity index (χ0) is 17.4. The molecule has 128 valence electrons. The van der Waals surface area contributed by atoms with Crippen molar-refractivity contribution in [2.24, 2.45) is 0 Å². The lowest BCUT2D eigenvalue weighted by molar-refractivity contribution is -0.116. The molecule has 4 rings (SSSR count). The van der Waals surface area contributed by atoms with E-state index in [-0.39, 0.29) is 5.91 Å². The van der Waals surface area contributed by atoms with Gasteiger partial charge in [0.2, 0.25) is 5.91 Å². The average Bonchev–Trinajstić information content (AvgIpc) is 3.01. The summed E-state index contributed by atoms with van der Waals surface area (Å²) in [5.41, 5.74) is 4.45. The number of rotatable bonds is 3. The molecule has 0 atom stereocenters. The van der Waals surface area contributed by atoms with E-state index < -0.39 is 0 Å². The van der Waals surface area contributed by atoms with Crippen molar-refractivity contribution < 1.29 is 4.79 Å². The van der Waals surface area contributed by atoms with Gasteiger partial charge in [0.05, 0.1) is 16.0 Å². The number of carbonyl (C=O) groups is 1. The second kappa shape index (κ2) is 6.98. The molecule has 1 amide bonds. The predicted molar refractivity (Wildman–Crippen MR) is 107 cm³/mol. The second-order valence-corrected chi connectivity index (χ2v) is 8.80. The second-order valence-electron chi connectivity index (χ2n) is 6.11. The van der Waals surface area contributed by atoms with Gasteiger partial charge in [-0.15, -0.1) is 11.3 Å². The van der Waals surface area contributed by atoms with Crippen LogP contribution in [0.5, 0.6) is 0 Å². The maximum atomic E-state index is 12.8. The van der Waals surface area contributed by atoms with Crippen molar-refractivity contribution in [1.29, 1.82) is 0 Å². The van der Waals surface area contributed by atoms with Crippen LogP contribution >= 0.6 is 34.7 Å². The van der Waals surface area contributed by atoms with Crippen LogP contribution in [0, 0.1) is 6.92 Å². The number of thiazole rings is 1. The molecule has 0 saturated carbocycles. The summed E-state index contributed by atoms with van der Waals surface area (Å²) in [5.74, 6) is 0.555. The fourth-order valence-corrected chi connectivity index (χ4v) is 5.33. The van der Waals surface area contributed by atoms with Gasteiger partial charge >= 0.3 is 0 Å². The first kappa shape index (κ1) is 16.9. The highest BCUT2D eigenvalue weighted by atomic mass is 35.5. The molecule has 0 bridgehead atoms. The summed E-state index contributed by atoms with van der Waals surface area (Å²) in [6.45, 7) is 2.88. The molecule has 25 heavy (non-hydrogen) atoms. The molecular formula is C19H17ClN2OS2. The summed E-state index contributed by atoms with van der Waals surface area (Å²) in [6.07, 6.45) is 2.07. The number of hydrogen-bond acceptors (Lipinski definition) is 4. The van der Waals surface area contributed by atoms with Crippen LogP contribution in [-0.2, 0) is 11.2 Å². The minimum absolute atomic E-state index is 0.150. The first-order chi connectivity index (χ1) is 12.1. The van der Waals surface area contributed by atoms with Crippen molar-refractivity contribution in [3.8, 4) is 0 Å². The van der Waals surface area contributed by atoms with Gasteiger partial charge < -0.3 is 4.90 Å². The zero-order valence-electron chi connectivity index (χ0n) is 13.8. The number of fused-ring (bicyclic) bond motifs is 2. The third-order valence-electron chi connectivity index (χ3n) is 4.37. The van der Waals surface area contributed by atoms with E-state index >= 15 is 0 Å². The van der Waals surface area contributed by atoms with E-state index in [9.17, 15) is 4.79 Å². The molecule has 3 nitrogen and oxygen atoms in total. The molecule has 0 spiro atoms. The fourth-order valence-electron chi connectivity index (χ4n) is 3.24. The number of amides is 1. The molecule has 0 radical (unpaired) electrons. The van der Waals surface area contributed by atoms with Crippen molar-refractivity contribution in [2.75, 3.05) is 17.2 Å². The monoisotopic (exact) mass is 388 g/mol. The largest absolute Gasteiger partial charge is 0.311 e. The van der Waals surface area contributed by atoms with Crippen molar-refractivity contribution in [2.45, 2.75) is 24.1 Å². The zero-order valence-corrected chi connectivity index (χ0v) is 16.2. The van der Waals surface area contributed by atoms with Crippen LogP contribution < -0.4 is 4.90 Å². The number of nitrogens with zero attached hydrogens (tertiary/aromatic N) is 2. The highest BCUT2D eigenvalue weighted by molar-refractivity contribution is 8.01. The number of para-hydroxylation sites is 1. The number of carbonyl (C=O) groups excluding carboxylic acids is 1. The average molecular weight is 389 g/mol. The van der Waals surface area contributed by atoms with Gasteiger partial charge in [0, 0.05) is 17.3 Å². The number of aryl methyl sites for hydroxylation is 2. The van der Waals surface area contributed by atoms with Gasteiger partial charge in [-0.05, 0) is 49.1 Å². The molecule has 0 aliphatic carbocycles. The summed E-state index contributed by atoms with van der Waals surface area (Å²) in [4.78, 5) is 19.3. The van der Waals surface area contributed by atoms with Gasteiger partial charge in [-0.25, -0.2) is 4.98 Å². The van der Waals surface area contributed by atoms with E-state index in [2.05, 4.69) is 30.1 Å². The third kappa shape index (κ3) is 3.41. The Morgan fingerprint density at radius 3 is 3.12 bits per heavy atom. The Morgan fingerprint density at radius 1 is 1.36 bits per heavy atom. The molecule has 1 aromatic heterocycles. The Labute approximate surface area is 160 Å². The predicted octanol–water partition coefficient (Wildman–Crippen LogP) is 5.33. The van der Waals surface area contributed by atoms with Crippen molar-refractivity contribution in [3.05, 3.63) is 52.5 Å². The number of hydrogen-bond donors (Lipinski definition) is 0. The fraction of sp³-hybridized carbons (Fsp3) is 0.263. The van der Waals surface area contributed by atoms with Crippen LogP contribution in [-0.4, -0.2) is 23.2 Å². The van der Waals surface area contributed by atoms with Crippen LogP contribution in [0.25, 0.3) is 10.2 Å². The molecule has 0 saturated heterocycles. The first-order valence-electron chi connectivity index (χ1n) is 8.19. The van der Waals surface area contributed by atoms with Gasteiger partial charge in [0.25, 0.3) is 0 Å². The van der Waals surface area contributed by atoms with Crippen LogP contribution in [0.15, 0.2) is 40.7 Å².